The first kappa shape index (κ1) is 12.3. The molecule has 17 heavy (non-hydrogen) atoms. The average molecular weight is 235 g/mol. The summed E-state index contributed by atoms with van der Waals surface area (Å²) in [6.07, 6.45) is 5.32. The minimum absolute atomic E-state index is 0.410. The molecule has 94 valence electrons. The summed E-state index contributed by atoms with van der Waals surface area (Å²) in [7, 11) is 1.79. The Morgan fingerprint density at radius 1 is 1.47 bits per heavy atom. The van der Waals surface area contributed by atoms with Crippen LogP contribution in [0.25, 0.3) is 0 Å². The highest BCUT2D eigenvalue weighted by molar-refractivity contribution is 5.47. The largest absolute Gasteiger partial charge is 0.381 e. The Morgan fingerprint density at radius 3 is 2.88 bits per heavy atom. The zero-order valence-electron chi connectivity index (χ0n) is 10.4. The van der Waals surface area contributed by atoms with Gasteiger partial charge < -0.3 is 15.4 Å². The van der Waals surface area contributed by atoms with E-state index in [1.54, 1.807) is 7.11 Å². The standard InChI is InChI=1S/C13H21N3O/c1-17-12-5-9-16(10-6-12)13-11(4-7-14)3-2-8-15-13/h2-3,8,12H,4-7,9-10,14H2,1H3. The fraction of sp³-hybridized carbons (Fsp3) is 0.615. The summed E-state index contributed by atoms with van der Waals surface area (Å²) in [6, 6.07) is 4.11. The van der Waals surface area contributed by atoms with Crippen molar-refractivity contribution in [1.82, 2.24) is 4.98 Å². The van der Waals surface area contributed by atoms with Crippen molar-refractivity contribution in [3.8, 4) is 0 Å². The van der Waals surface area contributed by atoms with E-state index in [0.717, 1.165) is 38.2 Å². The van der Waals surface area contributed by atoms with Gasteiger partial charge in [-0.15, -0.1) is 0 Å². The predicted octanol–water partition coefficient (Wildman–Crippen LogP) is 1.20. The van der Waals surface area contributed by atoms with E-state index in [9.17, 15) is 0 Å². The third-order valence-electron chi connectivity index (χ3n) is 3.36. The Labute approximate surface area is 103 Å². The van der Waals surface area contributed by atoms with Crippen molar-refractivity contribution in [3.63, 3.8) is 0 Å². The van der Waals surface area contributed by atoms with E-state index in [1.807, 2.05) is 12.3 Å². The number of methoxy groups -OCH3 is 1. The van der Waals surface area contributed by atoms with E-state index in [0.29, 0.717) is 12.6 Å². The molecule has 1 aromatic heterocycles. The Kier molecular flexibility index (Phi) is 4.34. The van der Waals surface area contributed by atoms with E-state index in [4.69, 9.17) is 10.5 Å². The van der Waals surface area contributed by atoms with Gasteiger partial charge in [0.1, 0.15) is 5.82 Å². The summed E-state index contributed by atoms with van der Waals surface area (Å²) in [5.74, 6) is 1.10. The number of pyridine rings is 1. The number of anilines is 1. The van der Waals surface area contributed by atoms with Crippen molar-refractivity contribution in [2.45, 2.75) is 25.4 Å². The SMILES string of the molecule is COC1CCN(c2ncccc2CCN)CC1. The molecular weight excluding hydrogens is 214 g/mol. The highest BCUT2D eigenvalue weighted by Crippen LogP contribution is 2.22. The van der Waals surface area contributed by atoms with Crippen molar-refractivity contribution in [1.29, 1.82) is 0 Å². The normalized spacial score (nSPS) is 17.4. The second-order valence-electron chi connectivity index (χ2n) is 4.45. The molecule has 0 bridgehead atoms. The van der Waals surface area contributed by atoms with Crippen LogP contribution < -0.4 is 10.6 Å². The Balaban J connectivity index is 2.07. The zero-order valence-corrected chi connectivity index (χ0v) is 10.4. The van der Waals surface area contributed by atoms with Crippen LogP contribution in [-0.4, -0.2) is 37.8 Å². The second kappa shape index (κ2) is 5.98. The van der Waals surface area contributed by atoms with Crippen LogP contribution >= 0.6 is 0 Å². The maximum Gasteiger partial charge on any atom is 0.131 e. The molecule has 1 aliphatic rings. The van der Waals surface area contributed by atoms with E-state index < -0.39 is 0 Å². The van der Waals surface area contributed by atoms with Gasteiger partial charge in [0.2, 0.25) is 0 Å². The minimum Gasteiger partial charge on any atom is -0.381 e. The van der Waals surface area contributed by atoms with Gasteiger partial charge in [-0.05, 0) is 37.4 Å². The Bertz CT molecular complexity index is 348. The van der Waals surface area contributed by atoms with Crippen LogP contribution in [0.1, 0.15) is 18.4 Å². The molecule has 1 saturated heterocycles. The smallest absolute Gasteiger partial charge is 0.131 e. The third-order valence-corrected chi connectivity index (χ3v) is 3.36. The van der Waals surface area contributed by atoms with Gasteiger partial charge in [0, 0.05) is 26.4 Å². The highest BCUT2D eigenvalue weighted by atomic mass is 16.5. The molecular formula is C13H21N3O. The molecule has 1 fully saturated rings. The molecule has 2 rings (SSSR count). The van der Waals surface area contributed by atoms with Gasteiger partial charge in [-0.2, -0.15) is 0 Å². The van der Waals surface area contributed by atoms with E-state index in [2.05, 4.69) is 16.0 Å². The molecule has 4 nitrogen and oxygen atoms in total. The molecule has 1 aromatic rings. The quantitative estimate of drug-likeness (QED) is 0.852. The highest BCUT2D eigenvalue weighted by Gasteiger charge is 2.20. The van der Waals surface area contributed by atoms with E-state index in [-0.39, 0.29) is 0 Å². The first-order chi connectivity index (χ1) is 8.35. The lowest BCUT2D eigenvalue weighted by Gasteiger charge is -2.33. The maximum absolute atomic E-state index is 5.64. The second-order valence-corrected chi connectivity index (χ2v) is 4.45. The van der Waals surface area contributed by atoms with Crippen LogP contribution in [0.2, 0.25) is 0 Å². The van der Waals surface area contributed by atoms with Crippen molar-refractivity contribution >= 4 is 5.82 Å². The van der Waals surface area contributed by atoms with E-state index in [1.165, 1.54) is 5.56 Å². The lowest BCUT2D eigenvalue weighted by atomic mass is 10.1. The zero-order chi connectivity index (χ0) is 12.1. The summed E-state index contributed by atoms with van der Waals surface area (Å²) in [5.41, 5.74) is 6.89. The van der Waals surface area contributed by atoms with E-state index >= 15 is 0 Å². The lowest BCUT2D eigenvalue weighted by molar-refractivity contribution is 0.0817. The van der Waals surface area contributed by atoms with Gasteiger partial charge in [-0.1, -0.05) is 6.07 Å². The fourth-order valence-corrected chi connectivity index (χ4v) is 2.37. The van der Waals surface area contributed by atoms with Gasteiger partial charge in [-0.25, -0.2) is 4.98 Å². The van der Waals surface area contributed by atoms with Crippen LogP contribution in [0.3, 0.4) is 0 Å². The number of aromatic nitrogens is 1. The fourth-order valence-electron chi connectivity index (χ4n) is 2.37. The van der Waals surface area contributed by atoms with Crippen molar-refractivity contribution in [3.05, 3.63) is 23.9 Å². The number of rotatable bonds is 4. The van der Waals surface area contributed by atoms with Crippen molar-refractivity contribution in [2.75, 3.05) is 31.6 Å². The molecule has 0 unspecified atom stereocenters. The molecule has 2 N–H and O–H groups in total. The summed E-state index contributed by atoms with van der Waals surface area (Å²) >= 11 is 0. The number of hydrogen-bond acceptors (Lipinski definition) is 4. The van der Waals surface area contributed by atoms with Crippen LogP contribution in [0.4, 0.5) is 5.82 Å². The van der Waals surface area contributed by atoms with Gasteiger partial charge in [0.05, 0.1) is 6.10 Å². The number of nitrogens with zero attached hydrogens (tertiary/aromatic N) is 2. The molecule has 0 saturated carbocycles. The molecule has 0 amide bonds. The van der Waals surface area contributed by atoms with Crippen LogP contribution in [-0.2, 0) is 11.2 Å². The number of piperidine rings is 1. The Morgan fingerprint density at radius 2 is 2.24 bits per heavy atom. The molecule has 2 heterocycles. The Hall–Kier alpha value is -1.13. The molecule has 4 heteroatoms. The number of nitrogens with two attached hydrogens (primary N) is 1. The molecule has 0 aliphatic carbocycles. The maximum atomic E-state index is 5.64. The van der Waals surface area contributed by atoms with Crippen molar-refractivity contribution < 1.29 is 4.74 Å². The molecule has 0 atom stereocenters. The topological polar surface area (TPSA) is 51.4 Å². The lowest BCUT2D eigenvalue weighted by Crippen LogP contribution is -2.37. The minimum atomic E-state index is 0.410. The first-order valence-corrected chi connectivity index (χ1v) is 6.27. The summed E-state index contributed by atoms with van der Waals surface area (Å²) in [4.78, 5) is 6.85. The number of hydrogen-bond donors (Lipinski definition) is 1. The molecule has 0 aromatic carbocycles. The molecule has 0 spiro atoms. The predicted molar refractivity (Wildman–Crippen MR) is 69.2 cm³/mol. The van der Waals surface area contributed by atoms with Gasteiger partial charge in [0.15, 0.2) is 0 Å². The average Bonchev–Trinajstić information content (AvgIpc) is 2.40. The molecule has 1 aliphatic heterocycles. The first-order valence-electron chi connectivity index (χ1n) is 6.27. The van der Waals surface area contributed by atoms with Crippen LogP contribution in [0, 0.1) is 0 Å². The van der Waals surface area contributed by atoms with Gasteiger partial charge in [-0.3, -0.25) is 0 Å². The monoisotopic (exact) mass is 235 g/mol. The molecule has 0 radical (unpaired) electrons. The van der Waals surface area contributed by atoms with Gasteiger partial charge in [0.25, 0.3) is 0 Å². The van der Waals surface area contributed by atoms with Gasteiger partial charge >= 0.3 is 0 Å². The number of ether oxygens (including phenoxy) is 1. The summed E-state index contributed by atoms with van der Waals surface area (Å²) in [5, 5.41) is 0. The van der Waals surface area contributed by atoms with Crippen LogP contribution in [0.5, 0.6) is 0 Å². The van der Waals surface area contributed by atoms with Crippen LogP contribution in [0.15, 0.2) is 18.3 Å². The van der Waals surface area contributed by atoms with Crippen molar-refractivity contribution in [2.24, 2.45) is 5.73 Å². The summed E-state index contributed by atoms with van der Waals surface area (Å²) < 4.78 is 5.39. The third kappa shape index (κ3) is 2.96. The summed E-state index contributed by atoms with van der Waals surface area (Å²) in [6.45, 7) is 2.72.